The van der Waals surface area contributed by atoms with E-state index >= 15 is 0 Å². The van der Waals surface area contributed by atoms with Gasteiger partial charge in [0.2, 0.25) is 23.2 Å². The number of carbonyl (C=O) groups is 1. The Balaban J connectivity index is 1.99. The van der Waals surface area contributed by atoms with Crippen molar-refractivity contribution in [2.24, 2.45) is 0 Å². The fourth-order valence-electron chi connectivity index (χ4n) is 3.04. The number of benzene rings is 1. The molecule has 1 aliphatic heterocycles. The fraction of sp³-hybridized carbons (Fsp3) is 0.263. The quantitative estimate of drug-likeness (QED) is 0.574. The van der Waals surface area contributed by atoms with E-state index in [-0.39, 0.29) is 18.2 Å². The van der Waals surface area contributed by atoms with E-state index in [0.29, 0.717) is 38.6 Å². The van der Waals surface area contributed by atoms with Crippen molar-refractivity contribution < 1.29 is 13.9 Å². The summed E-state index contributed by atoms with van der Waals surface area (Å²) in [6, 6.07) is 8.85. The standard InChI is InChI=1S/C19H17ClN4O3S/c1-4-15(25)24-13-7-6-11(20)9-12(13)16-17(21-19(28-3)23-22-16)27-18(24)14-8-5-10(2)26-14/h5-9,18H,4H2,1-3H3/t18-/m1/s1. The molecule has 0 radical (unpaired) electrons. The van der Waals surface area contributed by atoms with Crippen LogP contribution in [0.5, 0.6) is 5.88 Å². The molecular formula is C19H17ClN4O3S. The van der Waals surface area contributed by atoms with Gasteiger partial charge in [-0.1, -0.05) is 30.3 Å². The second-order valence-electron chi connectivity index (χ2n) is 6.15. The molecule has 7 nitrogen and oxygen atoms in total. The first-order valence-electron chi connectivity index (χ1n) is 8.65. The van der Waals surface area contributed by atoms with Gasteiger partial charge in [-0.15, -0.1) is 10.2 Å². The average molecular weight is 417 g/mol. The SMILES string of the molecule is CCC(=O)N1c2ccc(Cl)cc2-c2nnc(SC)nc2O[C@@H]1c1ccc(C)o1. The van der Waals surface area contributed by atoms with Gasteiger partial charge in [-0.05, 0) is 43.5 Å². The van der Waals surface area contributed by atoms with Crippen LogP contribution in [0, 0.1) is 6.92 Å². The van der Waals surface area contributed by atoms with Gasteiger partial charge in [0.15, 0.2) is 11.5 Å². The molecule has 0 saturated carbocycles. The minimum absolute atomic E-state index is 0.131. The van der Waals surface area contributed by atoms with Crippen LogP contribution in [0.1, 0.15) is 31.1 Å². The first-order valence-corrected chi connectivity index (χ1v) is 10.3. The molecule has 0 unspecified atom stereocenters. The van der Waals surface area contributed by atoms with Gasteiger partial charge < -0.3 is 9.15 Å². The predicted molar refractivity (Wildman–Crippen MR) is 107 cm³/mol. The number of amides is 1. The van der Waals surface area contributed by atoms with E-state index in [0.717, 1.165) is 0 Å². The van der Waals surface area contributed by atoms with Gasteiger partial charge in [0.1, 0.15) is 5.76 Å². The number of nitrogens with zero attached hydrogens (tertiary/aromatic N) is 4. The third kappa shape index (κ3) is 3.22. The highest BCUT2D eigenvalue weighted by Crippen LogP contribution is 2.44. The van der Waals surface area contributed by atoms with Crippen LogP contribution in [-0.4, -0.2) is 27.3 Å². The van der Waals surface area contributed by atoms with Gasteiger partial charge in [0, 0.05) is 17.0 Å². The van der Waals surface area contributed by atoms with Gasteiger partial charge in [0.05, 0.1) is 5.69 Å². The lowest BCUT2D eigenvalue weighted by molar-refractivity contribution is -0.120. The van der Waals surface area contributed by atoms with Crippen molar-refractivity contribution in [1.82, 2.24) is 15.2 Å². The van der Waals surface area contributed by atoms with Gasteiger partial charge in [-0.25, -0.2) is 0 Å². The number of halogens is 1. The Morgan fingerprint density at radius 2 is 2.11 bits per heavy atom. The largest absolute Gasteiger partial charge is 0.460 e. The summed E-state index contributed by atoms with van der Waals surface area (Å²) in [5, 5.41) is 9.40. The molecular weight excluding hydrogens is 400 g/mol. The van der Waals surface area contributed by atoms with Gasteiger partial charge in [0.25, 0.3) is 0 Å². The summed E-state index contributed by atoms with van der Waals surface area (Å²) in [6.07, 6.45) is 1.31. The highest BCUT2D eigenvalue weighted by Gasteiger charge is 2.37. The summed E-state index contributed by atoms with van der Waals surface area (Å²) in [5.74, 6) is 1.35. The molecule has 9 heteroatoms. The topological polar surface area (TPSA) is 81.4 Å². The van der Waals surface area contributed by atoms with Crippen molar-refractivity contribution in [3.8, 4) is 17.1 Å². The average Bonchev–Trinajstić information content (AvgIpc) is 3.08. The van der Waals surface area contributed by atoms with Crippen molar-refractivity contribution in [3.63, 3.8) is 0 Å². The molecule has 1 aromatic carbocycles. The minimum atomic E-state index is -0.825. The number of hydrogen-bond acceptors (Lipinski definition) is 7. The summed E-state index contributed by atoms with van der Waals surface area (Å²) < 4.78 is 12.0. The normalized spacial score (nSPS) is 15.4. The Bertz CT molecular complexity index is 1060. The first-order chi connectivity index (χ1) is 13.5. The third-order valence-electron chi connectivity index (χ3n) is 4.32. The lowest BCUT2D eigenvalue weighted by Crippen LogP contribution is -2.37. The van der Waals surface area contributed by atoms with Crippen LogP contribution in [-0.2, 0) is 4.79 Å². The van der Waals surface area contributed by atoms with E-state index in [1.54, 1.807) is 36.1 Å². The maximum Gasteiger partial charge on any atom is 0.247 e. The number of fused-ring (bicyclic) bond motifs is 3. The molecule has 3 aromatic rings. The summed E-state index contributed by atoms with van der Waals surface area (Å²) in [6.45, 7) is 3.63. The molecule has 0 spiro atoms. The van der Waals surface area contributed by atoms with Crippen molar-refractivity contribution in [2.75, 3.05) is 11.2 Å². The van der Waals surface area contributed by atoms with E-state index in [2.05, 4.69) is 15.2 Å². The minimum Gasteiger partial charge on any atom is -0.460 e. The number of carbonyl (C=O) groups excluding carboxylic acids is 1. The van der Waals surface area contributed by atoms with Crippen LogP contribution in [0.15, 0.2) is 39.9 Å². The molecule has 0 aliphatic carbocycles. The molecule has 4 rings (SSSR count). The fourth-order valence-corrected chi connectivity index (χ4v) is 3.50. The molecule has 2 aromatic heterocycles. The van der Waals surface area contributed by atoms with Crippen LogP contribution in [0.2, 0.25) is 5.02 Å². The number of aromatic nitrogens is 3. The highest BCUT2D eigenvalue weighted by molar-refractivity contribution is 7.98. The van der Waals surface area contributed by atoms with Crippen LogP contribution >= 0.6 is 23.4 Å². The second-order valence-corrected chi connectivity index (χ2v) is 7.36. The monoisotopic (exact) mass is 416 g/mol. The second kappa shape index (κ2) is 7.44. The molecule has 0 N–H and O–H groups in total. The van der Waals surface area contributed by atoms with Gasteiger partial charge in [-0.2, -0.15) is 4.98 Å². The van der Waals surface area contributed by atoms with E-state index in [4.69, 9.17) is 20.8 Å². The Kier molecular flexibility index (Phi) is 4.99. The third-order valence-corrected chi connectivity index (χ3v) is 5.10. The lowest BCUT2D eigenvalue weighted by atomic mass is 10.1. The smallest absolute Gasteiger partial charge is 0.247 e. The molecule has 144 valence electrons. The molecule has 1 atom stereocenters. The summed E-state index contributed by atoms with van der Waals surface area (Å²) >= 11 is 7.59. The number of furan rings is 1. The molecule has 0 fully saturated rings. The summed E-state index contributed by atoms with van der Waals surface area (Å²) in [5.41, 5.74) is 1.67. The van der Waals surface area contributed by atoms with Gasteiger partial charge in [-0.3, -0.25) is 9.69 Å². The Hall–Kier alpha value is -2.58. The number of anilines is 1. The zero-order valence-electron chi connectivity index (χ0n) is 15.5. The van der Waals surface area contributed by atoms with Crippen LogP contribution < -0.4 is 9.64 Å². The molecule has 0 bridgehead atoms. The van der Waals surface area contributed by atoms with E-state index in [1.807, 2.05) is 19.2 Å². The van der Waals surface area contributed by atoms with E-state index < -0.39 is 6.23 Å². The maximum absolute atomic E-state index is 12.9. The number of ether oxygens (including phenoxy) is 1. The highest BCUT2D eigenvalue weighted by atomic mass is 35.5. The Morgan fingerprint density at radius 3 is 2.79 bits per heavy atom. The number of hydrogen-bond donors (Lipinski definition) is 0. The number of thioether (sulfide) groups is 1. The van der Waals surface area contributed by atoms with E-state index in [9.17, 15) is 4.79 Å². The van der Waals surface area contributed by atoms with Crippen LogP contribution in [0.3, 0.4) is 0 Å². The summed E-state index contributed by atoms with van der Waals surface area (Å²) in [7, 11) is 0. The van der Waals surface area contributed by atoms with Crippen molar-refractivity contribution in [1.29, 1.82) is 0 Å². The van der Waals surface area contributed by atoms with Crippen LogP contribution in [0.25, 0.3) is 11.3 Å². The first kappa shape index (κ1) is 18.8. The predicted octanol–water partition coefficient (Wildman–Crippen LogP) is 4.65. The molecule has 1 aliphatic rings. The van der Waals surface area contributed by atoms with Crippen molar-refractivity contribution >= 4 is 35.0 Å². The van der Waals surface area contributed by atoms with Crippen molar-refractivity contribution in [2.45, 2.75) is 31.7 Å². The van der Waals surface area contributed by atoms with E-state index in [1.165, 1.54) is 11.8 Å². The molecule has 0 saturated heterocycles. The molecule has 28 heavy (non-hydrogen) atoms. The zero-order chi connectivity index (χ0) is 19.8. The van der Waals surface area contributed by atoms with Crippen LogP contribution in [0.4, 0.5) is 5.69 Å². The zero-order valence-corrected chi connectivity index (χ0v) is 17.0. The molecule has 1 amide bonds. The van der Waals surface area contributed by atoms with Gasteiger partial charge >= 0.3 is 0 Å². The summed E-state index contributed by atoms with van der Waals surface area (Å²) in [4.78, 5) is 19.0. The van der Waals surface area contributed by atoms with Crippen molar-refractivity contribution in [3.05, 3.63) is 46.9 Å². The maximum atomic E-state index is 12.9. The Labute approximate surface area is 171 Å². The number of rotatable bonds is 3. The lowest BCUT2D eigenvalue weighted by Gasteiger charge is -2.29. The Morgan fingerprint density at radius 1 is 1.29 bits per heavy atom. The number of aryl methyl sites for hydroxylation is 1. The molecule has 3 heterocycles.